The van der Waals surface area contributed by atoms with Gasteiger partial charge in [0, 0.05) is 16.9 Å². The molecule has 0 fully saturated rings. The molecule has 19 heavy (non-hydrogen) atoms. The Balaban J connectivity index is 1.92. The second kappa shape index (κ2) is 5.91. The summed E-state index contributed by atoms with van der Waals surface area (Å²) in [7, 11) is 0. The van der Waals surface area contributed by atoms with Crippen LogP contribution in [0.2, 0.25) is 0 Å². The number of nitrogen functional groups attached to an aromatic ring is 1. The first-order valence-corrected chi connectivity index (χ1v) is 5.99. The first-order chi connectivity index (χ1) is 9.16. The Kier molecular flexibility index (Phi) is 4.03. The summed E-state index contributed by atoms with van der Waals surface area (Å²) in [4.78, 5) is 11.7. The minimum Gasteiger partial charge on any atom is -0.483 e. The lowest BCUT2D eigenvalue weighted by molar-refractivity contribution is -0.118. The normalized spacial score (nSPS) is 9.95. The summed E-state index contributed by atoms with van der Waals surface area (Å²) in [5.41, 5.74) is 8.02. The molecule has 4 nitrogen and oxygen atoms in total. The Labute approximate surface area is 112 Å². The van der Waals surface area contributed by atoms with Crippen LogP contribution in [0.25, 0.3) is 0 Å². The zero-order valence-electron chi connectivity index (χ0n) is 10.7. The Morgan fingerprint density at radius 1 is 1.16 bits per heavy atom. The smallest absolute Gasteiger partial charge is 0.262 e. The molecular formula is C15H16N2O2. The molecule has 0 radical (unpaired) electrons. The molecule has 0 aliphatic carbocycles. The Bertz CT molecular complexity index is 568. The average molecular weight is 256 g/mol. The van der Waals surface area contributed by atoms with Crippen LogP contribution in [0.3, 0.4) is 0 Å². The SMILES string of the molecule is Cc1c(N)cccc1OCC(=O)Nc1ccccc1. The van der Waals surface area contributed by atoms with Crippen LogP contribution < -0.4 is 15.8 Å². The molecule has 0 saturated carbocycles. The molecule has 0 atom stereocenters. The topological polar surface area (TPSA) is 64.3 Å². The Morgan fingerprint density at radius 2 is 1.89 bits per heavy atom. The lowest BCUT2D eigenvalue weighted by Crippen LogP contribution is -2.20. The number of rotatable bonds is 4. The highest BCUT2D eigenvalue weighted by atomic mass is 16.5. The van der Waals surface area contributed by atoms with Crippen LogP contribution in [0, 0.1) is 6.92 Å². The predicted molar refractivity (Wildman–Crippen MR) is 76.2 cm³/mol. The van der Waals surface area contributed by atoms with Gasteiger partial charge in [-0.15, -0.1) is 0 Å². The molecular weight excluding hydrogens is 240 g/mol. The third-order valence-electron chi connectivity index (χ3n) is 2.74. The van der Waals surface area contributed by atoms with Gasteiger partial charge in [0.1, 0.15) is 5.75 Å². The van der Waals surface area contributed by atoms with E-state index in [4.69, 9.17) is 10.5 Å². The molecule has 4 heteroatoms. The van der Waals surface area contributed by atoms with Gasteiger partial charge < -0.3 is 15.8 Å². The van der Waals surface area contributed by atoms with Gasteiger partial charge in [-0.2, -0.15) is 0 Å². The Morgan fingerprint density at radius 3 is 2.63 bits per heavy atom. The van der Waals surface area contributed by atoms with Crippen LogP contribution in [0.4, 0.5) is 11.4 Å². The fourth-order valence-electron chi connectivity index (χ4n) is 1.65. The van der Waals surface area contributed by atoms with Gasteiger partial charge in [0.15, 0.2) is 6.61 Å². The number of benzene rings is 2. The maximum absolute atomic E-state index is 11.7. The number of hydrogen-bond donors (Lipinski definition) is 2. The second-order valence-corrected chi connectivity index (χ2v) is 4.17. The van der Waals surface area contributed by atoms with Crippen molar-refractivity contribution in [3.8, 4) is 5.75 Å². The minimum absolute atomic E-state index is 0.0425. The van der Waals surface area contributed by atoms with Crippen molar-refractivity contribution in [2.75, 3.05) is 17.7 Å². The first kappa shape index (κ1) is 13.0. The fourth-order valence-corrected chi connectivity index (χ4v) is 1.65. The number of carbonyl (C=O) groups excluding carboxylic acids is 1. The highest BCUT2D eigenvalue weighted by Gasteiger charge is 2.06. The van der Waals surface area contributed by atoms with Crippen molar-refractivity contribution in [3.63, 3.8) is 0 Å². The van der Waals surface area contributed by atoms with Crippen LogP contribution >= 0.6 is 0 Å². The molecule has 0 unspecified atom stereocenters. The van der Waals surface area contributed by atoms with E-state index < -0.39 is 0 Å². The van der Waals surface area contributed by atoms with E-state index in [0.717, 1.165) is 11.3 Å². The van der Waals surface area contributed by atoms with E-state index in [1.54, 1.807) is 18.2 Å². The molecule has 2 aromatic rings. The van der Waals surface area contributed by atoms with E-state index >= 15 is 0 Å². The van der Waals surface area contributed by atoms with E-state index in [1.165, 1.54) is 0 Å². The molecule has 98 valence electrons. The minimum atomic E-state index is -0.201. The van der Waals surface area contributed by atoms with Crippen molar-refractivity contribution in [2.24, 2.45) is 0 Å². The summed E-state index contributed by atoms with van der Waals surface area (Å²) in [6.45, 7) is 1.82. The van der Waals surface area contributed by atoms with E-state index in [2.05, 4.69) is 5.32 Å². The molecule has 0 spiro atoms. The fraction of sp³-hybridized carbons (Fsp3) is 0.133. The molecule has 0 aliphatic rings. The van der Waals surface area contributed by atoms with Crippen molar-refractivity contribution in [2.45, 2.75) is 6.92 Å². The number of amides is 1. The van der Waals surface area contributed by atoms with Gasteiger partial charge in [0.25, 0.3) is 5.91 Å². The van der Waals surface area contributed by atoms with Crippen LogP contribution in [0.1, 0.15) is 5.56 Å². The number of ether oxygens (including phenoxy) is 1. The van der Waals surface area contributed by atoms with Gasteiger partial charge in [0.05, 0.1) is 0 Å². The van der Waals surface area contributed by atoms with Crippen molar-refractivity contribution < 1.29 is 9.53 Å². The van der Waals surface area contributed by atoms with Crippen molar-refractivity contribution in [1.82, 2.24) is 0 Å². The quantitative estimate of drug-likeness (QED) is 0.826. The molecule has 0 saturated heterocycles. The molecule has 0 aliphatic heterocycles. The summed E-state index contributed by atoms with van der Waals surface area (Å²) >= 11 is 0. The molecule has 0 heterocycles. The lowest BCUT2D eigenvalue weighted by Gasteiger charge is -2.10. The summed E-state index contributed by atoms with van der Waals surface area (Å²) in [6, 6.07) is 14.6. The van der Waals surface area contributed by atoms with Gasteiger partial charge in [-0.25, -0.2) is 0 Å². The highest BCUT2D eigenvalue weighted by Crippen LogP contribution is 2.22. The standard InChI is InChI=1S/C15H16N2O2/c1-11-13(16)8-5-9-14(11)19-10-15(18)17-12-6-3-2-4-7-12/h2-9H,10,16H2,1H3,(H,17,18). The molecule has 0 bridgehead atoms. The van der Waals surface area contributed by atoms with Gasteiger partial charge in [-0.05, 0) is 31.2 Å². The maximum atomic E-state index is 11.7. The molecule has 2 rings (SSSR count). The van der Waals surface area contributed by atoms with Crippen LogP contribution in [0.5, 0.6) is 5.75 Å². The summed E-state index contributed by atoms with van der Waals surface area (Å²) in [6.07, 6.45) is 0. The van der Waals surface area contributed by atoms with Crippen LogP contribution in [0.15, 0.2) is 48.5 Å². The molecule has 3 N–H and O–H groups in total. The summed E-state index contributed by atoms with van der Waals surface area (Å²) in [5, 5.41) is 2.75. The number of anilines is 2. The second-order valence-electron chi connectivity index (χ2n) is 4.17. The van der Waals surface area contributed by atoms with Crippen molar-refractivity contribution >= 4 is 17.3 Å². The average Bonchev–Trinajstić information content (AvgIpc) is 2.42. The molecule has 2 aromatic carbocycles. The largest absolute Gasteiger partial charge is 0.483 e. The number of carbonyl (C=O) groups is 1. The maximum Gasteiger partial charge on any atom is 0.262 e. The monoisotopic (exact) mass is 256 g/mol. The molecule has 1 amide bonds. The summed E-state index contributed by atoms with van der Waals surface area (Å²) < 4.78 is 5.46. The van der Waals surface area contributed by atoms with Crippen LogP contribution in [-0.2, 0) is 4.79 Å². The van der Waals surface area contributed by atoms with Gasteiger partial charge in [-0.3, -0.25) is 4.79 Å². The number of nitrogens with one attached hydrogen (secondary N) is 1. The zero-order valence-corrected chi connectivity index (χ0v) is 10.7. The Hall–Kier alpha value is -2.49. The van der Waals surface area contributed by atoms with Gasteiger partial charge >= 0.3 is 0 Å². The highest BCUT2D eigenvalue weighted by molar-refractivity contribution is 5.91. The van der Waals surface area contributed by atoms with Crippen LogP contribution in [-0.4, -0.2) is 12.5 Å². The third kappa shape index (κ3) is 3.48. The molecule has 0 aromatic heterocycles. The van der Waals surface area contributed by atoms with Crippen molar-refractivity contribution in [3.05, 3.63) is 54.1 Å². The van der Waals surface area contributed by atoms with E-state index in [1.807, 2.05) is 37.3 Å². The third-order valence-corrected chi connectivity index (χ3v) is 2.74. The zero-order chi connectivity index (χ0) is 13.7. The van der Waals surface area contributed by atoms with Gasteiger partial charge in [0.2, 0.25) is 0 Å². The predicted octanol–water partition coefficient (Wildman–Crippen LogP) is 2.59. The lowest BCUT2D eigenvalue weighted by atomic mass is 10.2. The van der Waals surface area contributed by atoms with Crippen molar-refractivity contribution in [1.29, 1.82) is 0 Å². The van der Waals surface area contributed by atoms with E-state index in [9.17, 15) is 4.79 Å². The van der Waals surface area contributed by atoms with E-state index in [0.29, 0.717) is 11.4 Å². The number of para-hydroxylation sites is 1. The van der Waals surface area contributed by atoms with Gasteiger partial charge in [-0.1, -0.05) is 24.3 Å². The first-order valence-electron chi connectivity index (χ1n) is 5.99. The number of hydrogen-bond acceptors (Lipinski definition) is 3. The summed E-state index contributed by atoms with van der Waals surface area (Å²) in [5.74, 6) is 0.427. The number of nitrogens with two attached hydrogens (primary N) is 1. The van der Waals surface area contributed by atoms with E-state index in [-0.39, 0.29) is 12.5 Å².